The smallest absolute Gasteiger partial charge is 0.240 e. The number of ether oxygens (including phenoxy) is 1. The van der Waals surface area contributed by atoms with E-state index in [-0.39, 0.29) is 4.90 Å². The van der Waals surface area contributed by atoms with Crippen molar-refractivity contribution in [1.82, 2.24) is 9.62 Å². The molecule has 0 heterocycles. The third-order valence-corrected chi connectivity index (χ3v) is 6.60. The van der Waals surface area contributed by atoms with Crippen molar-refractivity contribution in [3.05, 3.63) is 47.5 Å². The number of aryl methyl sites for hydroxylation is 1. The van der Waals surface area contributed by atoms with Crippen LogP contribution in [-0.2, 0) is 16.6 Å². The Morgan fingerprint density at radius 3 is 2.50 bits per heavy atom. The maximum Gasteiger partial charge on any atom is 0.240 e. The molecule has 0 aliphatic heterocycles. The van der Waals surface area contributed by atoms with Gasteiger partial charge in [-0.3, -0.25) is 0 Å². The maximum atomic E-state index is 12.6. The quantitative estimate of drug-likeness (QED) is 0.446. The van der Waals surface area contributed by atoms with Crippen LogP contribution in [0.3, 0.4) is 0 Å². The third-order valence-electron chi connectivity index (χ3n) is 4.25. The van der Waals surface area contributed by atoms with Crippen LogP contribution in [-0.4, -0.2) is 40.2 Å². The van der Waals surface area contributed by atoms with Gasteiger partial charge in [-0.25, -0.2) is 13.1 Å². The molecule has 0 atom stereocenters. The van der Waals surface area contributed by atoms with E-state index in [9.17, 15) is 8.42 Å². The molecule has 0 bridgehead atoms. The van der Waals surface area contributed by atoms with Crippen LogP contribution in [0, 0.1) is 6.92 Å². The first-order chi connectivity index (χ1) is 13.3. The largest absolute Gasteiger partial charge is 0.457 e. The molecule has 28 heavy (non-hydrogen) atoms. The fourth-order valence-electron chi connectivity index (χ4n) is 2.79. The Morgan fingerprint density at radius 1 is 1.14 bits per heavy atom. The van der Waals surface area contributed by atoms with Gasteiger partial charge >= 0.3 is 0 Å². The zero-order chi connectivity index (χ0) is 20.7. The molecule has 0 unspecified atom stereocenters. The first kappa shape index (κ1) is 22.7. The first-order valence-corrected chi connectivity index (χ1v) is 12.1. The van der Waals surface area contributed by atoms with E-state index in [4.69, 9.17) is 4.74 Å². The van der Waals surface area contributed by atoms with E-state index < -0.39 is 10.0 Å². The van der Waals surface area contributed by atoms with Crippen molar-refractivity contribution in [2.24, 2.45) is 0 Å². The SMILES string of the molecule is CCCCNS(=O)(=O)c1ccc(Oc2ccc(SC)c(C)c2)c(CN(C)C)c1. The van der Waals surface area contributed by atoms with Gasteiger partial charge in [-0.05, 0) is 75.7 Å². The van der Waals surface area contributed by atoms with Gasteiger partial charge < -0.3 is 9.64 Å². The zero-order valence-electron chi connectivity index (χ0n) is 17.3. The van der Waals surface area contributed by atoms with Gasteiger partial charge in [0.1, 0.15) is 11.5 Å². The molecule has 5 nitrogen and oxygen atoms in total. The van der Waals surface area contributed by atoms with E-state index in [1.165, 1.54) is 4.90 Å². The van der Waals surface area contributed by atoms with E-state index in [0.29, 0.717) is 18.8 Å². The number of hydrogen-bond donors (Lipinski definition) is 1. The normalized spacial score (nSPS) is 11.8. The summed E-state index contributed by atoms with van der Waals surface area (Å²) < 4.78 is 33.9. The molecule has 0 aliphatic carbocycles. The lowest BCUT2D eigenvalue weighted by Gasteiger charge is -2.17. The summed E-state index contributed by atoms with van der Waals surface area (Å²) in [5.41, 5.74) is 1.98. The summed E-state index contributed by atoms with van der Waals surface area (Å²) in [6.07, 6.45) is 3.80. The second-order valence-corrected chi connectivity index (χ2v) is 9.61. The number of rotatable bonds is 10. The summed E-state index contributed by atoms with van der Waals surface area (Å²) >= 11 is 1.70. The molecule has 0 fully saturated rings. The summed E-state index contributed by atoms with van der Waals surface area (Å²) in [4.78, 5) is 3.47. The van der Waals surface area contributed by atoms with Gasteiger partial charge in [0.25, 0.3) is 0 Å². The van der Waals surface area contributed by atoms with Gasteiger partial charge in [0.15, 0.2) is 0 Å². The van der Waals surface area contributed by atoms with Gasteiger partial charge in [0, 0.05) is 23.5 Å². The summed E-state index contributed by atoms with van der Waals surface area (Å²) in [6.45, 7) is 5.11. The molecule has 0 amide bonds. The molecule has 7 heteroatoms. The van der Waals surface area contributed by atoms with Crippen LogP contribution >= 0.6 is 11.8 Å². The minimum Gasteiger partial charge on any atom is -0.457 e. The molecule has 2 aromatic rings. The second-order valence-electron chi connectivity index (χ2n) is 6.99. The fourth-order valence-corrected chi connectivity index (χ4v) is 4.50. The lowest BCUT2D eigenvalue weighted by Crippen LogP contribution is -2.25. The highest BCUT2D eigenvalue weighted by Gasteiger charge is 2.17. The molecule has 2 rings (SSSR count). The van der Waals surface area contributed by atoms with Crippen molar-refractivity contribution < 1.29 is 13.2 Å². The summed E-state index contributed by atoms with van der Waals surface area (Å²) in [6, 6.07) is 11.0. The van der Waals surface area contributed by atoms with E-state index in [1.54, 1.807) is 30.0 Å². The summed E-state index contributed by atoms with van der Waals surface area (Å²) in [7, 11) is 0.370. The highest BCUT2D eigenvalue weighted by Crippen LogP contribution is 2.31. The van der Waals surface area contributed by atoms with Crippen LogP contribution in [0.1, 0.15) is 30.9 Å². The molecule has 0 saturated carbocycles. The van der Waals surface area contributed by atoms with Crippen LogP contribution in [0.15, 0.2) is 46.2 Å². The van der Waals surface area contributed by atoms with E-state index in [2.05, 4.69) is 11.6 Å². The molecular formula is C21H30N2O3S2. The lowest BCUT2D eigenvalue weighted by atomic mass is 10.2. The summed E-state index contributed by atoms with van der Waals surface area (Å²) in [5, 5.41) is 0. The lowest BCUT2D eigenvalue weighted by molar-refractivity contribution is 0.388. The molecule has 0 spiro atoms. The van der Waals surface area contributed by atoms with Crippen molar-refractivity contribution >= 4 is 21.8 Å². The average Bonchev–Trinajstić information content (AvgIpc) is 2.63. The van der Waals surface area contributed by atoms with Crippen molar-refractivity contribution in [3.8, 4) is 11.5 Å². The number of nitrogens with zero attached hydrogens (tertiary/aromatic N) is 1. The van der Waals surface area contributed by atoms with E-state index in [1.807, 2.05) is 50.4 Å². The van der Waals surface area contributed by atoms with Gasteiger partial charge in [0.05, 0.1) is 4.90 Å². The minimum absolute atomic E-state index is 0.265. The third kappa shape index (κ3) is 6.24. The topological polar surface area (TPSA) is 58.6 Å². The molecule has 0 saturated heterocycles. The van der Waals surface area contributed by atoms with Crippen LogP contribution in [0.2, 0.25) is 0 Å². The first-order valence-electron chi connectivity index (χ1n) is 9.36. The highest BCUT2D eigenvalue weighted by molar-refractivity contribution is 7.98. The van der Waals surface area contributed by atoms with E-state index in [0.717, 1.165) is 29.7 Å². The van der Waals surface area contributed by atoms with Gasteiger partial charge in [-0.2, -0.15) is 0 Å². The molecule has 154 valence electrons. The number of benzene rings is 2. The Hall–Kier alpha value is -1.54. The molecule has 0 aliphatic rings. The van der Waals surface area contributed by atoms with Crippen molar-refractivity contribution in [2.45, 2.75) is 43.0 Å². The Kier molecular flexibility index (Phi) is 8.37. The number of sulfonamides is 1. The predicted molar refractivity (Wildman–Crippen MR) is 117 cm³/mol. The second kappa shape index (κ2) is 10.3. The minimum atomic E-state index is -3.52. The van der Waals surface area contributed by atoms with Crippen molar-refractivity contribution in [1.29, 1.82) is 0 Å². The van der Waals surface area contributed by atoms with Crippen LogP contribution in [0.4, 0.5) is 0 Å². The summed E-state index contributed by atoms with van der Waals surface area (Å²) in [5.74, 6) is 1.41. The number of thioether (sulfide) groups is 1. The van der Waals surface area contributed by atoms with Crippen molar-refractivity contribution in [2.75, 3.05) is 26.9 Å². The standard InChI is InChI=1S/C21H30N2O3S2/c1-6-7-12-22-28(24,25)19-9-10-20(17(14-19)15-23(3)4)26-18-8-11-21(27-5)16(2)13-18/h8-11,13-14,22H,6-7,12,15H2,1-5H3. The molecular weight excluding hydrogens is 392 g/mol. The number of hydrogen-bond acceptors (Lipinski definition) is 5. The molecule has 0 aromatic heterocycles. The highest BCUT2D eigenvalue weighted by atomic mass is 32.2. The Labute approximate surface area is 173 Å². The Balaban J connectivity index is 2.32. The fraction of sp³-hybridized carbons (Fsp3) is 0.429. The molecule has 0 radical (unpaired) electrons. The Bertz CT molecular complexity index is 897. The zero-order valence-corrected chi connectivity index (χ0v) is 18.9. The van der Waals surface area contributed by atoms with Gasteiger partial charge in [-0.15, -0.1) is 11.8 Å². The Morgan fingerprint density at radius 2 is 1.89 bits per heavy atom. The number of nitrogens with one attached hydrogen (secondary N) is 1. The monoisotopic (exact) mass is 422 g/mol. The van der Waals surface area contributed by atoms with Crippen LogP contribution in [0.25, 0.3) is 0 Å². The molecule has 2 aromatic carbocycles. The van der Waals surface area contributed by atoms with Crippen LogP contribution in [0.5, 0.6) is 11.5 Å². The van der Waals surface area contributed by atoms with E-state index >= 15 is 0 Å². The molecule has 1 N–H and O–H groups in total. The number of unbranched alkanes of at least 4 members (excludes halogenated alkanes) is 1. The van der Waals surface area contributed by atoms with Gasteiger partial charge in [0.2, 0.25) is 10.0 Å². The van der Waals surface area contributed by atoms with Gasteiger partial charge in [-0.1, -0.05) is 13.3 Å². The maximum absolute atomic E-state index is 12.6. The average molecular weight is 423 g/mol. The predicted octanol–water partition coefficient (Wildman–Crippen LogP) is 4.65. The van der Waals surface area contributed by atoms with Crippen molar-refractivity contribution in [3.63, 3.8) is 0 Å². The van der Waals surface area contributed by atoms with Crippen LogP contribution < -0.4 is 9.46 Å².